The molecule has 42 heavy (non-hydrogen) atoms. The predicted molar refractivity (Wildman–Crippen MR) is 146 cm³/mol. The van der Waals surface area contributed by atoms with Gasteiger partial charge in [0.25, 0.3) is 0 Å². The number of hydrogen-bond donors (Lipinski definition) is 4. The lowest BCUT2D eigenvalue weighted by Gasteiger charge is -2.35. The Morgan fingerprint density at radius 3 is 1.02 bits per heavy atom. The van der Waals surface area contributed by atoms with E-state index >= 15 is 0 Å². The smallest absolute Gasteiger partial charge is 0.414 e. The van der Waals surface area contributed by atoms with Crippen LogP contribution in [0.5, 0.6) is 0 Å². The van der Waals surface area contributed by atoms with E-state index < -0.39 is 23.9 Å². The van der Waals surface area contributed by atoms with Crippen LogP contribution in [0.2, 0.25) is 0 Å². The first kappa shape index (κ1) is 34.9. The number of ether oxygens (including phenoxy) is 2. The van der Waals surface area contributed by atoms with Crippen molar-refractivity contribution in [1.82, 2.24) is 9.80 Å². The molecule has 14 nitrogen and oxygen atoms in total. The van der Waals surface area contributed by atoms with Crippen molar-refractivity contribution in [1.29, 1.82) is 0 Å². The third-order valence-electron chi connectivity index (χ3n) is 8.76. The van der Waals surface area contributed by atoms with E-state index in [0.717, 1.165) is 51.4 Å². The fourth-order valence-electron chi connectivity index (χ4n) is 6.35. The van der Waals surface area contributed by atoms with Crippen LogP contribution < -0.4 is 0 Å². The fraction of sp³-hybridized carbons (Fsp3) is 0.786. The second-order valence-corrected chi connectivity index (χ2v) is 11.4. The van der Waals surface area contributed by atoms with E-state index in [-0.39, 0.29) is 23.8 Å². The molecule has 6 atom stereocenters. The van der Waals surface area contributed by atoms with Crippen molar-refractivity contribution >= 4 is 35.8 Å². The third kappa shape index (κ3) is 10.9. The number of fused-ring (bicyclic) bond motifs is 4. The third-order valence-corrected chi connectivity index (χ3v) is 8.76. The van der Waals surface area contributed by atoms with Gasteiger partial charge in [-0.05, 0) is 91.1 Å². The standard InChI is InChI=1S/C24H40N2O4.2C2H2O4/c1-25-19-7-8-20(25)14-17(13-19)23(27)29-11-5-3-4-6-12-30-24(28)18-15-21-9-10-22(16-18)26(21)2;2*3-1(4)2(5)6/h17-22H,3-16H2,1-2H3;2*(H,3,4)(H,5,6)/t17?,18?,19-,20+,21-,22+;;. The Morgan fingerprint density at radius 2 is 0.786 bits per heavy atom. The molecule has 4 bridgehead atoms. The van der Waals surface area contributed by atoms with Crippen LogP contribution in [0.4, 0.5) is 0 Å². The van der Waals surface area contributed by atoms with Crippen LogP contribution in [-0.4, -0.2) is 118 Å². The molecule has 0 radical (unpaired) electrons. The molecule has 4 fully saturated rings. The zero-order chi connectivity index (χ0) is 31.4. The number of aliphatic carboxylic acids is 4. The molecule has 0 amide bonds. The molecule has 0 aromatic rings. The van der Waals surface area contributed by atoms with E-state index in [1.807, 2.05) is 0 Å². The second-order valence-electron chi connectivity index (χ2n) is 11.4. The Hall–Kier alpha value is -3.26. The Bertz CT molecular complexity index is 845. The van der Waals surface area contributed by atoms with Crippen molar-refractivity contribution < 1.29 is 58.7 Å². The number of carboxylic acid groups (broad SMARTS) is 4. The van der Waals surface area contributed by atoms with Crippen LogP contribution in [0.15, 0.2) is 0 Å². The molecule has 0 aliphatic carbocycles. The van der Waals surface area contributed by atoms with Gasteiger partial charge in [0.2, 0.25) is 0 Å². The Balaban J connectivity index is 0.000000434. The SMILES string of the molecule is CN1[C@@H]2CC[C@H]1CC(C(=O)OCCCCCCOC(=O)C1C[C@H]3CC[C@@H](C1)N3C)C2.O=C(O)C(=O)O.O=C(O)C(=O)O. The summed E-state index contributed by atoms with van der Waals surface area (Å²) >= 11 is 0. The average Bonchev–Trinajstić information content (AvgIpc) is 3.25. The number of nitrogens with zero attached hydrogens (tertiary/aromatic N) is 2. The summed E-state index contributed by atoms with van der Waals surface area (Å²) < 4.78 is 11.1. The molecule has 4 heterocycles. The van der Waals surface area contributed by atoms with Gasteiger partial charge < -0.3 is 39.7 Å². The molecule has 4 rings (SSSR count). The van der Waals surface area contributed by atoms with Gasteiger partial charge in [-0.3, -0.25) is 9.59 Å². The molecule has 0 aromatic carbocycles. The average molecular weight is 601 g/mol. The van der Waals surface area contributed by atoms with Gasteiger partial charge in [0.05, 0.1) is 25.0 Å². The van der Waals surface area contributed by atoms with Crippen LogP contribution in [0.25, 0.3) is 0 Å². The minimum Gasteiger partial charge on any atom is -0.473 e. The highest BCUT2D eigenvalue weighted by atomic mass is 16.5. The predicted octanol–water partition coefficient (Wildman–Crippen LogP) is 1.69. The van der Waals surface area contributed by atoms with E-state index in [1.165, 1.54) is 25.7 Å². The van der Waals surface area contributed by atoms with Crippen LogP contribution in [0, 0.1) is 11.8 Å². The lowest BCUT2D eigenvalue weighted by atomic mass is 9.91. The largest absolute Gasteiger partial charge is 0.473 e. The zero-order valence-corrected chi connectivity index (χ0v) is 24.3. The van der Waals surface area contributed by atoms with Crippen molar-refractivity contribution in [3.05, 3.63) is 0 Å². The Labute approximate surface area is 244 Å². The molecule has 0 spiro atoms. The van der Waals surface area contributed by atoms with Crippen LogP contribution in [-0.2, 0) is 38.2 Å². The number of piperidine rings is 2. The molecule has 4 N–H and O–H groups in total. The lowest BCUT2D eigenvalue weighted by Crippen LogP contribution is -2.42. The first-order chi connectivity index (χ1) is 19.8. The summed E-state index contributed by atoms with van der Waals surface area (Å²) in [6.07, 6.45) is 12.6. The molecule has 0 saturated carbocycles. The maximum absolute atomic E-state index is 12.4. The molecular formula is C28H44N2O12. The maximum atomic E-state index is 12.4. The molecule has 2 unspecified atom stereocenters. The van der Waals surface area contributed by atoms with Gasteiger partial charge in [-0.1, -0.05) is 0 Å². The minimum absolute atomic E-state index is 0.0148. The summed E-state index contributed by atoms with van der Waals surface area (Å²) in [5.74, 6) is -7.06. The van der Waals surface area contributed by atoms with Crippen LogP contribution >= 0.6 is 0 Å². The quantitative estimate of drug-likeness (QED) is 0.169. The number of carbonyl (C=O) groups excluding carboxylic acids is 2. The van der Waals surface area contributed by atoms with Crippen LogP contribution in [0.1, 0.15) is 77.0 Å². The fourth-order valence-corrected chi connectivity index (χ4v) is 6.35. The molecule has 4 aliphatic rings. The number of carbonyl (C=O) groups is 6. The summed E-state index contributed by atoms with van der Waals surface area (Å²) in [6, 6.07) is 2.31. The molecule has 238 valence electrons. The Kier molecular flexibility index (Phi) is 14.1. The van der Waals surface area contributed by atoms with Gasteiger partial charge >= 0.3 is 35.8 Å². The molecule has 14 heteroatoms. The van der Waals surface area contributed by atoms with E-state index in [0.29, 0.717) is 37.4 Å². The maximum Gasteiger partial charge on any atom is 0.414 e. The monoisotopic (exact) mass is 600 g/mol. The normalized spacial score (nSPS) is 27.9. The number of carboxylic acids is 4. The van der Waals surface area contributed by atoms with Gasteiger partial charge in [0.1, 0.15) is 0 Å². The topological polar surface area (TPSA) is 208 Å². The first-order valence-corrected chi connectivity index (χ1v) is 14.5. The van der Waals surface area contributed by atoms with Gasteiger partial charge in [0.15, 0.2) is 0 Å². The van der Waals surface area contributed by atoms with Crippen molar-refractivity contribution in [3.63, 3.8) is 0 Å². The highest BCUT2D eigenvalue weighted by molar-refractivity contribution is 6.27. The van der Waals surface area contributed by atoms with E-state index in [1.54, 1.807) is 0 Å². The number of hydrogen-bond acceptors (Lipinski definition) is 10. The zero-order valence-electron chi connectivity index (χ0n) is 24.3. The summed E-state index contributed by atoms with van der Waals surface area (Å²) in [5.41, 5.74) is 0. The van der Waals surface area contributed by atoms with E-state index in [9.17, 15) is 9.59 Å². The highest BCUT2D eigenvalue weighted by Crippen LogP contribution is 2.38. The van der Waals surface area contributed by atoms with Crippen LogP contribution in [0.3, 0.4) is 0 Å². The molecule has 4 aliphatic heterocycles. The van der Waals surface area contributed by atoms with Gasteiger partial charge in [-0.15, -0.1) is 0 Å². The molecular weight excluding hydrogens is 556 g/mol. The van der Waals surface area contributed by atoms with Crippen molar-refractivity contribution in [2.75, 3.05) is 27.3 Å². The van der Waals surface area contributed by atoms with E-state index in [2.05, 4.69) is 23.9 Å². The number of rotatable bonds is 9. The van der Waals surface area contributed by atoms with Gasteiger partial charge in [-0.2, -0.15) is 0 Å². The summed E-state index contributed by atoms with van der Waals surface area (Å²) in [7, 11) is 4.39. The van der Waals surface area contributed by atoms with E-state index in [4.69, 9.17) is 49.1 Å². The minimum atomic E-state index is -1.82. The molecule has 4 saturated heterocycles. The highest BCUT2D eigenvalue weighted by Gasteiger charge is 2.42. The first-order valence-electron chi connectivity index (χ1n) is 14.5. The van der Waals surface area contributed by atoms with Gasteiger partial charge in [-0.25, -0.2) is 19.2 Å². The van der Waals surface area contributed by atoms with Gasteiger partial charge in [0, 0.05) is 24.2 Å². The summed E-state index contributed by atoms with van der Waals surface area (Å²) in [6.45, 7) is 1.05. The lowest BCUT2D eigenvalue weighted by molar-refractivity contribution is -0.159. The Morgan fingerprint density at radius 1 is 0.524 bits per heavy atom. The van der Waals surface area contributed by atoms with Crippen molar-refractivity contribution in [2.45, 2.75) is 101 Å². The summed E-state index contributed by atoms with van der Waals surface area (Å²) in [5, 5.41) is 29.6. The summed E-state index contributed by atoms with van der Waals surface area (Å²) in [4.78, 5) is 66.0. The number of unbranched alkanes of at least 4 members (excludes halogenated alkanes) is 3. The van der Waals surface area contributed by atoms with Crippen molar-refractivity contribution in [2.24, 2.45) is 11.8 Å². The molecule has 0 aromatic heterocycles. The second kappa shape index (κ2) is 17.0. The number of esters is 2. The van der Waals surface area contributed by atoms with Crippen molar-refractivity contribution in [3.8, 4) is 0 Å².